The average Bonchev–Trinajstić information content (AvgIpc) is 2.20. The Labute approximate surface area is 85.4 Å². The minimum atomic E-state index is -0.164. The van der Waals surface area contributed by atoms with Crippen molar-refractivity contribution >= 4 is 11.6 Å². The fraction of sp³-hybridized carbons (Fsp3) is 0. The summed E-state index contributed by atoms with van der Waals surface area (Å²) in [6.07, 6.45) is 3.17. The van der Waals surface area contributed by atoms with E-state index >= 15 is 0 Å². The number of hydrogen-bond acceptors (Lipinski definition) is 2. The third-order valence-electron chi connectivity index (χ3n) is 1.87. The maximum absolute atomic E-state index is 11.4. The molecule has 70 valence electrons. The van der Waals surface area contributed by atoms with Crippen molar-refractivity contribution in [3.63, 3.8) is 0 Å². The fourth-order valence-electron chi connectivity index (χ4n) is 1.22. The van der Waals surface area contributed by atoms with Crippen molar-refractivity contribution in [1.29, 1.82) is 0 Å². The molecule has 2 rings (SSSR count). The molecule has 0 spiro atoms. The molecule has 0 fully saturated rings. The molecule has 2 aromatic heterocycles. The molecule has 2 aromatic rings. The van der Waals surface area contributed by atoms with E-state index in [4.69, 9.17) is 11.6 Å². The summed E-state index contributed by atoms with van der Waals surface area (Å²) >= 11 is 5.87. The van der Waals surface area contributed by atoms with Crippen LogP contribution in [0.3, 0.4) is 0 Å². The molecule has 0 amide bonds. The number of aromatic amines is 1. The van der Waals surface area contributed by atoms with Gasteiger partial charge in [-0.2, -0.15) is 0 Å². The van der Waals surface area contributed by atoms with Crippen LogP contribution in [-0.2, 0) is 0 Å². The lowest BCUT2D eigenvalue weighted by Gasteiger charge is -2.00. The fourth-order valence-corrected chi connectivity index (χ4v) is 1.44. The van der Waals surface area contributed by atoms with Gasteiger partial charge in [0.1, 0.15) is 5.15 Å². The van der Waals surface area contributed by atoms with Crippen LogP contribution in [-0.4, -0.2) is 9.97 Å². The molecular weight excluding hydrogens is 200 g/mol. The topological polar surface area (TPSA) is 45.8 Å². The summed E-state index contributed by atoms with van der Waals surface area (Å²) in [5.74, 6) is 0. The van der Waals surface area contributed by atoms with E-state index in [1.54, 1.807) is 36.7 Å². The van der Waals surface area contributed by atoms with Gasteiger partial charge in [0.25, 0.3) is 5.56 Å². The summed E-state index contributed by atoms with van der Waals surface area (Å²) in [7, 11) is 0. The zero-order valence-electron chi connectivity index (χ0n) is 7.20. The normalized spacial score (nSPS) is 10.1. The lowest BCUT2D eigenvalue weighted by molar-refractivity contribution is 1.23. The smallest absolute Gasteiger partial charge is 0.255 e. The van der Waals surface area contributed by atoms with Crippen LogP contribution in [0.25, 0.3) is 11.1 Å². The molecule has 0 saturated heterocycles. The Bertz CT molecular complexity index is 507. The number of halogens is 1. The molecule has 14 heavy (non-hydrogen) atoms. The van der Waals surface area contributed by atoms with Crippen molar-refractivity contribution in [1.82, 2.24) is 9.97 Å². The Balaban J connectivity index is 2.67. The lowest BCUT2D eigenvalue weighted by atomic mass is 10.1. The quantitative estimate of drug-likeness (QED) is 0.727. The van der Waals surface area contributed by atoms with E-state index in [-0.39, 0.29) is 5.56 Å². The van der Waals surface area contributed by atoms with Crippen LogP contribution in [0.5, 0.6) is 0 Å². The van der Waals surface area contributed by atoms with Crippen LogP contribution in [0, 0.1) is 0 Å². The third kappa shape index (κ3) is 1.54. The van der Waals surface area contributed by atoms with Crippen LogP contribution in [0.15, 0.2) is 41.5 Å². The van der Waals surface area contributed by atoms with Gasteiger partial charge in [0.15, 0.2) is 0 Å². The first-order chi connectivity index (χ1) is 6.79. The molecule has 0 radical (unpaired) electrons. The Kier molecular flexibility index (Phi) is 2.33. The van der Waals surface area contributed by atoms with E-state index < -0.39 is 0 Å². The Hall–Kier alpha value is -1.61. The molecule has 0 unspecified atom stereocenters. The molecule has 0 aliphatic rings. The van der Waals surface area contributed by atoms with Gasteiger partial charge in [-0.3, -0.25) is 4.79 Å². The van der Waals surface area contributed by atoms with Gasteiger partial charge in [0, 0.05) is 18.0 Å². The lowest BCUT2D eigenvalue weighted by Crippen LogP contribution is -2.07. The van der Waals surface area contributed by atoms with Crippen LogP contribution in [0.1, 0.15) is 0 Å². The standard InChI is InChI=1S/C10H7ClN2O/c11-9-7(3-1-5-12-9)8-4-2-6-13-10(8)14/h1-6H,(H,13,14). The Morgan fingerprint density at radius 1 is 1.21 bits per heavy atom. The van der Waals surface area contributed by atoms with E-state index in [9.17, 15) is 4.79 Å². The molecule has 0 saturated carbocycles. The first-order valence-electron chi connectivity index (χ1n) is 4.07. The Morgan fingerprint density at radius 3 is 2.71 bits per heavy atom. The Morgan fingerprint density at radius 2 is 2.00 bits per heavy atom. The summed E-state index contributed by atoms with van der Waals surface area (Å²) in [6.45, 7) is 0. The molecule has 4 heteroatoms. The SMILES string of the molecule is O=c1[nH]cccc1-c1cccnc1Cl. The van der Waals surface area contributed by atoms with Gasteiger partial charge in [-0.15, -0.1) is 0 Å². The minimum Gasteiger partial charge on any atom is -0.329 e. The number of nitrogens with one attached hydrogen (secondary N) is 1. The van der Waals surface area contributed by atoms with E-state index in [2.05, 4.69) is 9.97 Å². The summed E-state index contributed by atoms with van der Waals surface area (Å²) in [5, 5.41) is 0.337. The maximum atomic E-state index is 11.4. The summed E-state index contributed by atoms with van der Waals surface area (Å²) in [6, 6.07) is 6.97. The highest BCUT2D eigenvalue weighted by Gasteiger charge is 2.06. The van der Waals surface area contributed by atoms with Gasteiger partial charge in [0.05, 0.1) is 5.56 Å². The summed E-state index contributed by atoms with van der Waals surface area (Å²) in [5.41, 5.74) is 1.02. The number of hydrogen-bond donors (Lipinski definition) is 1. The molecule has 0 aliphatic heterocycles. The number of nitrogens with zero attached hydrogens (tertiary/aromatic N) is 1. The number of pyridine rings is 2. The predicted molar refractivity (Wildman–Crippen MR) is 55.3 cm³/mol. The first-order valence-corrected chi connectivity index (χ1v) is 4.45. The highest BCUT2D eigenvalue weighted by Crippen LogP contribution is 2.21. The van der Waals surface area contributed by atoms with E-state index in [1.165, 1.54) is 0 Å². The van der Waals surface area contributed by atoms with Crippen LogP contribution < -0.4 is 5.56 Å². The van der Waals surface area contributed by atoms with Gasteiger partial charge >= 0.3 is 0 Å². The van der Waals surface area contributed by atoms with Gasteiger partial charge in [0.2, 0.25) is 0 Å². The number of H-pyrrole nitrogens is 1. The van der Waals surface area contributed by atoms with Crippen molar-refractivity contribution in [2.75, 3.05) is 0 Å². The molecular formula is C10H7ClN2O. The average molecular weight is 207 g/mol. The van der Waals surface area contributed by atoms with Crippen molar-refractivity contribution in [2.24, 2.45) is 0 Å². The highest BCUT2D eigenvalue weighted by molar-refractivity contribution is 6.32. The number of aromatic nitrogens is 2. The summed E-state index contributed by atoms with van der Waals surface area (Å²) in [4.78, 5) is 17.9. The van der Waals surface area contributed by atoms with Gasteiger partial charge < -0.3 is 4.98 Å². The van der Waals surface area contributed by atoms with Gasteiger partial charge in [-0.1, -0.05) is 11.6 Å². The second kappa shape index (κ2) is 3.64. The van der Waals surface area contributed by atoms with Crippen LogP contribution in [0.4, 0.5) is 0 Å². The largest absolute Gasteiger partial charge is 0.329 e. The summed E-state index contributed by atoms with van der Waals surface area (Å²) < 4.78 is 0. The van der Waals surface area contributed by atoms with E-state index in [0.717, 1.165) is 0 Å². The molecule has 3 nitrogen and oxygen atoms in total. The van der Waals surface area contributed by atoms with Gasteiger partial charge in [-0.25, -0.2) is 4.98 Å². The van der Waals surface area contributed by atoms with Crippen LogP contribution in [0.2, 0.25) is 5.15 Å². The second-order valence-corrected chi connectivity index (χ2v) is 3.11. The monoisotopic (exact) mass is 206 g/mol. The van der Waals surface area contributed by atoms with E-state index in [1.807, 2.05) is 0 Å². The molecule has 0 bridgehead atoms. The van der Waals surface area contributed by atoms with Crippen molar-refractivity contribution < 1.29 is 0 Å². The number of rotatable bonds is 1. The van der Waals surface area contributed by atoms with Crippen LogP contribution >= 0.6 is 11.6 Å². The zero-order valence-corrected chi connectivity index (χ0v) is 7.95. The minimum absolute atomic E-state index is 0.164. The molecule has 2 heterocycles. The van der Waals surface area contributed by atoms with Gasteiger partial charge in [-0.05, 0) is 24.3 Å². The maximum Gasteiger partial charge on any atom is 0.255 e. The predicted octanol–water partition coefficient (Wildman–Crippen LogP) is 2.09. The molecule has 0 atom stereocenters. The molecule has 0 aliphatic carbocycles. The molecule has 0 aromatic carbocycles. The third-order valence-corrected chi connectivity index (χ3v) is 2.17. The van der Waals surface area contributed by atoms with Crippen molar-refractivity contribution in [2.45, 2.75) is 0 Å². The molecule has 1 N–H and O–H groups in total. The van der Waals surface area contributed by atoms with Crippen molar-refractivity contribution in [3.8, 4) is 11.1 Å². The van der Waals surface area contributed by atoms with Crippen molar-refractivity contribution in [3.05, 3.63) is 52.2 Å². The van der Waals surface area contributed by atoms with E-state index in [0.29, 0.717) is 16.3 Å². The first kappa shape index (κ1) is 8.97. The highest BCUT2D eigenvalue weighted by atomic mass is 35.5. The zero-order chi connectivity index (χ0) is 9.97. The second-order valence-electron chi connectivity index (χ2n) is 2.75.